The number of ether oxygens (including phenoxy) is 1. The van der Waals surface area contributed by atoms with Crippen LogP contribution in [0.5, 0.6) is 5.75 Å². The number of benzene rings is 1. The molecule has 0 bridgehead atoms. The maximum absolute atomic E-state index is 12.5. The van der Waals surface area contributed by atoms with E-state index in [1.807, 2.05) is 41.3 Å². The van der Waals surface area contributed by atoms with Gasteiger partial charge in [0.1, 0.15) is 5.75 Å². The van der Waals surface area contributed by atoms with Crippen LogP contribution in [0.2, 0.25) is 0 Å². The van der Waals surface area contributed by atoms with E-state index in [2.05, 4.69) is 15.6 Å². The molecule has 2 N–H and O–H groups in total. The summed E-state index contributed by atoms with van der Waals surface area (Å²) < 4.78 is 5.25. The quantitative estimate of drug-likeness (QED) is 0.767. The highest BCUT2D eigenvalue weighted by Crippen LogP contribution is 2.18. The third-order valence-corrected chi connectivity index (χ3v) is 4.79. The van der Waals surface area contributed by atoms with Crippen molar-refractivity contribution < 1.29 is 14.3 Å². The van der Waals surface area contributed by atoms with Gasteiger partial charge in [-0.25, -0.2) is 0 Å². The SMILES string of the molecule is COc1cccc(CN2CCC(NC(=O)CNc3cccnc3)CCC2=O)c1. The van der Waals surface area contributed by atoms with E-state index >= 15 is 0 Å². The van der Waals surface area contributed by atoms with Crippen molar-refractivity contribution in [1.29, 1.82) is 0 Å². The fourth-order valence-electron chi connectivity index (χ4n) is 3.27. The summed E-state index contributed by atoms with van der Waals surface area (Å²) in [7, 11) is 1.63. The van der Waals surface area contributed by atoms with E-state index in [0.717, 1.165) is 23.4 Å². The molecule has 1 unspecified atom stereocenters. The zero-order chi connectivity index (χ0) is 19.8. The van der Waals surface area contributed by atoms with Crippen molar-refractivity contribution in [2.75, 3.05) is 25.5 Å². The number of rotatable bonds is 7. The predicted octanol–water partition coefficient (Wildman–Crippen LogP) is 2.20. The van der Waals surface area contributed by atoms with Gasteiger partial charge in [-0.05, 0) is 42.7 Å². The summed E-state index contributed by atoms with van der Waals surface area (Å²) in [6.07, 6.45) is 5.20. The summed E-state index contributed by atoms with van der Waals surface area (Å²) in [5.74, 6) is 0.821. The summed E-state index contributed by atoms with van der Waals surface area (Å²) in [6, 6.07) is 11.4. The molecule has 1 aliphatic rings. The number of nitrogens with zero attached hydrogens (tertiary/aromatic N) is 2. The molecular weight excluding hydrogens is 356 g/mol. The van der Waals surface area contributed by atoms with E-state index in [9.17, 15) is 9.59 Å². The van der Waals surface area contributed by atoms with Crippen LogP contribution in [0.1, 0.15) is 24.8 Å². The normalized spacial score (nSPS) is 17.0. The van der Waals surface area contributed by atoms with Crippen LogP contribution in [0.4, 0.5) is 5.69 Å². The average molecular weight is 382 g/mol. The van der Waals surface area contributed by atoms with Crippen LogP contribution in [0.3, 0.4) is 0 Å². The van der Waals surface area contributed by atoms with Gasteiger partial charge < -0.3 is 20.3 Å². The molecule has 1 fully saturated rings. The monoisotopic (exact) mass is 382 g/mol. The van der Waals surface area contributed by atoms with Crippen molar-refractivity contribution in [3.05, 3.63) is 54.4 Å². The number of pyridine rings is 1. The number of nitrogens with one attached hydrogen (secondary N) is 2. The van der Waals surface area contributed by atoms with Crippen LogP contribution < -0.4 is 15.4 Å². The third-order valence-electron chi connectivity index (χ3n) is 4.79. The van der Waals surface area contributed by atoms with Gasteiger partial charge in [0.15, 0.2) is 0 Å². The molecule has 28 heavy (non-hydrogen) atoms. The lowest BCUT2D eigenvalue weighted by atomic mass is 10.1. The molecule has 0 spiro atoms. The topological polar surface area (TPSA) is 83.6 Å². The first-order valence-electron chi connectivity index (χ1n) is 9.48. The number of likely N-dealkylation sites (tertiary alicyclic amines) is 1. The summed E-state index contributed by atoms with van der Waals surface area (Å²) in [5, 5.41) is 6.08. The number of aromatic nitrogens is 1. The average Bonchev–Trinajstić information content (AvgIpc) is 2.89. The van der Waals surface area contributed by atoms with Gasteiger partial charge >= 0.3 is 0 Å². The predicted molar refractivity (Wildman–Crippen MR) is 107 cm³/mol. The molecule has 0 saturated carbocycles. The van der Waals surface area contributed by atoms with Crippen LogP contribution in [0, 0.1) is 0 Å². The number of methoxy groups -OCH3 is 1. The van der Waals surface area contributed by atoms with Crippen molar-refractivity contribution in [1.82, 2.24) is 15.2 Å². The third kappa shape index (κ3) is 5.70. The second-order valence-electron chi connectivity index (χ2n) is 6.85. The largest absolute Gasteiger partial charge is 0.497 e. The summed E-state index contributed by atoms with van der Waals surface area (Å²) in [6.45, 7) is 1.36. The molecular formula is C21H26N4O3. The molecule has 2 aromatic rings. The smallest absolute Gasteiger partial charge is 0.239 e. The van der Waals surface area contributed by atoms with E-state index < -0.39 is 0 Å². The molecule has 3 rings (SSSR count). The highest BCUT2D eigenvalue weighted by molar-refractivity contribution is 5.81. The Bertz CT molecular complexity index is 797. The molecule has 7 nitrogen and oxygen atoms in total. The number of carbonyl (C=O) groups is 2. The fourth-order valence-corrected chi connectivity index (χ4v) is 3.27. The maximum Gasteiger partial charge on any atom is 0.239 e. The first-order chi connectivity index (χ1) is 13.6. The minimum atomic E-state index is -0.0810. The lowest BCUT2D eigenvalue weighted by molar-refractivity contribution is -0.131. The minimum Gasteiger partial charge on any atom is -0.497 e. The summed E-state index contributed by atoms with van der Waals surface area (Å²) >= 11 is 0. The fraction of sp³-hybridized carbons (Fsp3) is 0.381. The van der Waals surface area contributed by atoms with E-state index in [1.165, 1.54) is 0 Å². The van der Waals surface area contributed by atoms with Crippen molar-refractivity contribution in [2.45, 2.75) is 31.8 Å². The standard InChI is InChI=1S/C21H26N4O3/c1-28-19-6-2-4-16(12-19)15-25-11-9-17(7-8-21(25)27)24-20(26)14-23-18-5-3-10-22-13-18/h2-6,10,12-13,17,23H,7-9,11,14-15H2,1H3,(H,24,26). The number of anilines is 1. The lowest BCUT2D eigenvalue weighted by Gasteiger charge is -2.21. The van der Waals surface area contributed by atoms with Gasteiger partial charge in [-0.1, -0.05) is 12.1 Å². The second-order valence-corrected chi connectivity index (χ2v) is 6.85. The molecule has 1 aromatic carbocycles. The summed E-state index contributed by atoms with van der Waals surface area (Å²) in [5.41, 5.74) is 1.84. The molecule has 1 atom stereocenters. The maximum atomic E-state index is 12.5. The zero-order valence-electron chi connectivity index (χ0n) is 16.1. The Hall–Kier alpha value is -3.09. The number of hydrogen-bond acceptors (Lipinski definition) is 5. The van der Waals surface area contributed by atoms with Gasteiger partial charge in [0.05, 0.1) is 19.3 Å². The molecule has 0 aliphatic carbocycles. The Labute approximate surface area is 165 Å². The number of hydrogen-bond donors (Lipinski definition) is 2. The summed E-state index contributed by atoms with van der Waals surface area (Å²) in [4.78, 5) is 30.6. The molecule has 1 aromatic heterocycles. The van der Waals surface area contributed by atoms with Gasteiger partial charge in [0.2, 0.25) is 11.8 Å². The molecule has 0 radical (unpaired) electrons. The minimum absolute atomic E-state index is 0.00228. The van der Waals surface area contributed by atoms with Crippen LogP contribution in [0.15, 0.2) is 48.8 Å². The highest BCUT2D eigenvalue weighted by Gasteiger charge is 2.23. The van der Waals surface area contributed by atoms with Gasteiger partial charge in [-0.15, -0.1) is 0 Å². The van der Waals surface area contributed by atoms with Gasteiger partial charge in [-0.3, -0.25) is 14.6 Å². The number of amides is 2. The number of carbonyl (C=O) groups excluding carboxylic acids is 2. The van der Waals surface area contributed by atoms with Gasteiger partial charge in [-0.2, -0.15) is 0 Å². The Kier molecular flexibility index (Phi) is 6.84. The van der Waals surface area contributed by atoms with Gasteiger partial charge in [0, 0.05) is 37.9 Å². The van der Waals surface area contributed by atoms with E-state index in [4.69, 9.17) is 4.74 Å². The zero-order valence-corrected chi connectivity index (χ0v) is 16.1. The Morgan fingerprint density at radius 2 is 2.18 bits per heavy atom. The molecule has 1 aliphatic heterocycles. The molecule has 2 amide bonds. The van der Waals surface area contributed by atoms with Crippen LogP contribution in [0.25, 0.3) is 0 Å². The molecule has 1 saturated heterocycles. The highest BCUT2D eigenvalue weighted by atomic mass is 16.5. The second kappa shape index (κ2) is 9.73. The lowest BCUT2D eigenvalue weighted by Crippen LogP contribution is -2.39. The van der Waals surface area contributed by atoms with Crippen LogP contribution >= 0.6 is 0 Å². The van der Waals surface area contributed by atoms with Crippen molar-refractivity contribution in [3.63, 3.8) is 0 Å². The van der Waals surface area contributed by atoms with Crippen LogP contribution in [-0.2, 0) is 16.1 Å². The van der Waals surface area contributed by atoms with Crippen molar-refractivity contribution >= 4 is 17.5 Å². The first-order valence-corrected chi connectivity index (χ1v) is 9.48. The van der Waals surface area contributed by atoms with Crippen LogP contribution in [-0.4, -0.2) is 47.9 Å². The van der Waals surface area contributed by atoms with Gasteiger partial charge in [0.25, 0.3) is 0 Å². The van der Waals surface area contributed by atoms with E-state index in [-0.39, 0.29) is 24.4 Å². The van der Waals surface area contributed by atoms with Crippen molar-refractivity contribution in [2.24, 2.45) is 0 Å². The van der Waals surface area contributed by atoms with E-state index in [0.29, 0.717) is 25.9 Å². The first kappa shape index (κ1) is 19.7. The Morgan fingerprint density at radius 1 is 1.29 bits per heavy atom. The molecule has 7 heteroatoms. The Morgan fingerprint density at radius 3 is 2.96 bits per heavy atom. The van der Waals surface area contributed by atoms with Crippen molar-refractivity contribution in [3.8, 4) is 5.75 Å². The molecule has 2 heterocycles. The molecule has 148 valence electrons. The van der Waals surface area contributed by atoms with E-state index in [1.54, 1.807) is 19.5 Å². The Balaban J connectivity index is 1.49.